The van der Waals surface area contributed by atoms with Gasteiger partial charge in [0.25, 0.3) is 0 Å². The summed E-state index contributed by atoms with van der Waals surface area (Å²) in [5.74, 6) is 1.31. The summed E-state index contributed by atoms with van der Waals surface area (Å²) in [6, 6.07) is 33.9. The Morgan fingerprint density at radius 3 is 2.47 bits per heavy atom. The molecule has 1 aliphatic heterocycles. The van der Waals surface area contributed by atoms with Gasteiger partial charge in [0.1, 0.15) is 11.2 Å². The zero-order valence-electron chi connectivity index (χ0n) is 29.9. The van der Waals surface area contributed by atoms with Crippen LogP contribution in [0.5, 0.6) is 0 Å². The molecule has 3 aliphatic rings. The maximum atomic E-state index is 2.67. The third kappa shape index (κ3) is 7.67. The van der Waals surface area contributed by atoms with Gasteiger partial charge in [0.05, 0.1) is 10.7 Å². The van der Waals surface area contributed by atoms with E-state index in [-0.39, 0.29) is 0 Å². The first-order valence-corrected chi connectivity index (χ1v) is 22.3. The number of nitrogens with zero attached hydrogens (tertiary/aromatic N) is 2. The molecule has 51 heavy (non-hydrogen) atoms. The number of aromatic nitrogens is 1. The van der Waals surface area contributed by atoms with E-state index in [1.165, 1.54) is 87.9 Å². The van der Waals surface area contributed by atoms with Gasteiger partial charge in [-0.3, -0.25) is 0 Å². The summed E-state index contributed by atoms with van der Waals surface area (Å²) in [5.41, 5.74) is 8.46. The molecule has 0 N–H and O–H groups in total. The van der Waals surface area contributed by atoms with Gasteiger partial charge < -0.3 is 4.90 Å². The van der Waals surface area contributed by atoms with E-state index in [9.17, 15) is 0 Å². The number of anilines is 1. The molecule has 260 valence electrons. The van der Waals surface area contributed by atoms with E-state index in [0.717, 1.165) is 32.4 Å². The predicted molar refractivity (Wildman–Crippen MR) is 223 cm³/mol. The van der Waals surface area contributed by atoms with Crippen molar-refractivity contribution in [2.75, 3.05) is 17.7 Å². The molecule has 5 aromatic rings. The average molecular weight is 744 g/mol. The molecule has 4 aromatic carbocycles. The second kappa shape index (κ2) is 15.8. The molecule has 2 nitrogen and oxygen atoms in total. The zero-order chi connectivity index (χ0) is 34.7. The molecule has 8 rings (SSSR count). The summed E-state index contributed by atoms with van der Waals surface area (Å²) in [4.78, 5) is 7.85. The standard InChI is InChI=1S/C45H47N2S4/c1-4-23-46-40-29-35(33-15-18-37(48-3)19-16-33)17-21-42(40)50-44(46)27-31-11-13-34-14-12-32(26-36(34)25-31)28-45-47(24-5-2)41-30-39(20-22-43(41)51-45)49-38-9-7-6-8-10-38/h6-10,15-22,25-26,28-31,34H,4-5,11-14,23-24,27H2,1-3H3/q+1. The first-order chi connectivity index (χ1) is 25.1. The van der Waals surface area contributed by atoms with Gasteiger partial charge in [0, 0.05) is 45.0 Å². The molecule has 1 aromatic heterocycles. The lowest BCUT2D eigenvalue weighted by atomic mass is 9.75. The van der Waals surface area contributed by atoms with Crippen LogP contribution in [0.1, 0.15) is 57.4 Å². The number of thioether (sulfide) groups is 2. The number of aryl methyl sites for hydroxylation is 1. The van der Waals surface area contributed by atoms with Crippen molar-refractivity contribution in [2.24, 2.45) is 11.8 Å². The molecule has 2 atom stereocenters. The molecule has 0 saturated carbocycles. The highest BCUT2D eigenvalue weighted by Gasteiger charge is 2.30. The van der Waals surface area contributed by atoms with Crippen molar-refractivity contribution in [2.45, 2.75) is 84.9 Å². The van der Waals surface area contributed by atoms with Gasteiger partial charge in [-0.1, -0.05) is 97.3 Å². The minimum atomic E-state index is 0.594. The van der Waals surface area contributed by atoms with Gasteiger partial charge in [-0.2, -0.15) is 4.57 Å². The van der Waals surface area contributed by atoms with Crippen LogP contribution in [-0.2, 0) is 13.0 Å². The molecule has 0 bridgehead atoms. The van der Waals surface area contributed by atoms with Crippen LogP contribution in [0.25, 0.3) is 21.3 Å². The summed E-state index contributed by atoms with van der Waals surface area (Å²) in [6.45, 7) is 6.73. The van der Waals surface area contributed by atoms with E-state index in [1.807, 2.05) is 34.9 Å². The molecule has 2 unspecified atom stereocenters. The molecule has 2 heterocycles. The van der Waals surface area contributed by atoms with Crippen molar-refractivity contribution in [1.82, 2.24) is 0 Å². The average Bonchev–Trinajstić information content (AvgIpc) is 3.68. The smallest absolute Gasteiger partial charge is 0.238 e. The third-order valence-electron chi connectivity index (χ3n) is 10.4. The predicted octanol–water partition coefficient (Wildman–Crippen LogP) is 13.2. The topological polar surface area (TPSA) is 7.12 Å². The monoisotopic (exact) mass is 743 g/mol. The zero-order valence-corrected chi connectivity index (χ0v) is 33.2. The highest BCUT2D eigenvalue weighted by molar-refractivity contribution is 8.03. The van der Waals surface area contributed by atoms with Crippen LogP contribution in [0.2, 0.25) is 0 Å². The number of fused-ring (bicyclic) bond motifs is 3. The Kier molecular flexibility index (Phi) is 10.8. The van der Waals surface area contributed by atoms with Crippen LogP contribution in [0.15, 0.2) is 145 Å². The summed E-state index contributed by atoms with van der Waals surface area (Å²) in [7, 11) is 0. The lowest BCUT2D eigenvalue weighted by Gasteiger charge is -2.31. The van der Waals surface area contributed by atoms with Crippen molar-refractivity contribution >= 4 is 62.5 Å². The molecule has 0 fully saturated rings. The van der Waals surface area contributed by atoms with Crippen LogP contribution in [-0.4, -0.2) is 12.8 Å². The Labute approximate surface area is 321 Å². The van der Waals surface area contributed by atoms with Gasteiger partial charge in [0.15, 0.2) is 0 Å². The van der Waals surface area contributed by atoms with Gasteiger partial charge in [0.2, 0.25) is 10.5 Å². The molecule has 0 spiro atoms. The molecular formula is C45H47N2S4+. The highest BCUT2D eigenvalue weighted by Crippen LogP contribution is 2.49. The highest BCUT2D eigenvalue weighted by atomic mass is 32.2. The van der Waals surface area contributed by atoms with Gasteiger partial charge >= 0.3 is 0 Å². The van der Waals surface area contributed by atoms with Crippen LogP contribution in [0, 0.1) is 11.8 Å². The number of benzene rings is 4. The lowest BCUT2D eigenvalue weighted by Crippen LogP contribution is -2.37. The minimum absolute atomic E-state index is 0.594. The van der Waals surface area contributed by atoms with Crippen molar-refractivity contribution in [1.29, 1.82) is 0 Å². The number of hydrogen-bond donors (Lipinski definition) is 0. The first-order valence-electron chi connectivity index (χ1n) is 18.6. The number of thiazole rings is 1. The third-order valence-corrected chi connectivity index (χ3v) is 14.5. The van der Waals surface area contributed by atoms with E-state index in [0.29, 0.717) is 11.8 Å². The van der Waals surface area contributed by atoms with Gasteiger partial charge in [-0.05, 0) is 127 Å². The number of rotatable bonds is 11. The summed E-state index contributed by atoms with van der Waals surface area (Å²) in [5, 5.41) is 2.92. The second-order valence-corrected chi connectivity index (χ2v) is 18.2. The summed E-state index contributed by atoms with van der Waals surface area (Å²) < 4.78 is 4.05. The van der Waals surface area contributed by atoms with E-state index < -0.39 is 0 Å². The fraction of sp³-hybridized carbons (Fsp3) is 0.311. The molecule has 6 heteroatoms. The first kappa shape index (κ1) is 34.9. The Balaban J connectivity index is 1.03. The van der Waals surface area contributed by atoms with Crippen molar-refractivity contribution < 1.29 is 4.57 Å². The number of hydrogen-bond acceptors (Lipinski definition) is 5. The normalized spacial score (nSPS) is 19.3. The Morgan fingerprint density at radius 1 is 0.843 bits per heavy atom. The minimum Gasteiger partial charge on any atom is -0.335 e. The van der Waals surface area contributed by atoms with Gasteiger partial charge in [-0.15, -0.1) is 11.8 Å². The summed E-state index contributed by atoms with van der Waals surface area (Å²) in [6.07, 6.45) is 18.4. The molecule has 0 saturated heterocycles. The van der Waals surface area contributed by atoms with E-state index in [4.69, 9.17) is 0 Å². The second-order valence-electron chi connectivity index (χ2n) is 14.0. The van der Waals surface area contributed by atoms with Crippen LogP contribution < -0.4 is 9.47 Å². The largest absolute Gasteiger partial charge is 0.335 e. The molecule has 2 aliphatic carbocycles. The Hall–Kier alpha value is -3.16. The van der Waals surface area contributed by atoms with Crippen molar-refractivity contribution in [3.8, 4) is 11.1 Å². The maximum Gasteiger partial charge on any atom is 0.238 e. The van der Waals surface area contributed by atoms with Crippen LogP contribution >= 0.6 is 46.6 Å². The van der Waals surface area contributed by atoms with E-state index >= 15 is 0 Å². The molecule has 0 radical (unpaired) electrons. The van der Waals surface area contributed by atoms with E-state index in [2.05, 4.69) is 139 Å². The van der Waals surface area contributed by atoms with Crippen molar-refractivity contribution in [3.63, 3.8) is 0 Å². The number of allylic oxidation sites excluding steroid dienone is 5. The van der Waals surface area contributed by atoms with Crippen LogP contribution in [0.3, 0.4) is 0 Å². The summed E-state index contributed by atoms with van der Waals surface area (Å²) >= 11 is 7.62. The Morgan fingerprint density at radius 2 is 1.67 bits per heavy atom. The van der Waals surface area contributed by atoms with E-state index in [1.54, 1.807) is 17.3 Å². The lowest BCUT2D eigenvalue weighted by molar-refractivity contribution is -0.674. The molecular weight excluding hydrogens is 697 g/mol. The fourth-order valence-electron chi connectivity index (χ4n) is 7.88. The Bertz CT molecular complexity index is 2110. The quantitative estimate of drug-likeness (QED) is 0.0982. The van der Waals surface area contributed by atoms with Crippen molar-refractivity contribution in [3.05, 3.63) is 130 Å². The maximum absolute atomic E-state index is 2.67. The SMILES string of the molecule is CCCN1C(=CC2=CC3=CC(Cc4sc5ccc(-c6ccc(SC)cc6)cc5[n+]4CCC)CCC3CC2)Sc2ccc(Sc3ccccc3)cc21. The van der Waals surface area contributed by atoms with Gasteiger partial charge in [-0.25, -0.2) is 0 Å². The van der Waals surface area contributed by atoms with Crippen LogP contribution in [0.4, 0.5) is 5.69 Å². The fourth-order valence-corrected chi connectivity index (χ4v) is 11.6. The molecule has 0 amide bonds.